The molecule has 0 spiro atoms. The van der Waals surface area contributed by atoms with Crippen molar-refractivity contribution < 1.29 is 22.4 Å². The van der Waals surface area contributed by atoms with E-state index in [4.69, 9.17) is 16.0 Å². The molecule has 10 heteroatoms. The van der Waals surface area contributed by atoms with Crippen molar-refractivity contribution in [3.63, 3.8) is 0 Å². The number of furan rings is 1. The quantitative estimate of drug-likeness (QED) is 0.764. The molecule has 1 aromatic heterocycles. The first-order valence-electron chi connectivity index (χ1n) is 7.59. The first kappa shape index (κ1) is 20.7. The minimum absolute atomic E-state index is 0. The number of piperazine rings is 1. The van der Waals surface area contributed by atoms with Gasteiger partial charge in [0, 0.05) is 30.7 Å². The summed E-state index contributed by atoms with van der Waals surface area (Å²) < 4.78 is 37.1. The maximum Gasteiger partial charge on any atom is 0.341 e. The van der Waals surface area contributed by atoms with Crippen molar-refractivity contribution in [2.24, 2.45) is 0 Å². The van der Waals surface area contributed by atoms with Crippen molar-refractivity contribution in [1.29, 1.82) is 0 Å². The number of rotatable bonds is 4. The first-order chi connectivity index (χ1) is 11.9. The Morgan fingerprint density at radius 3 is 2.81 bits per heavy atom. The fourth-order valence-corrected chi connectivity index (χ4v) is 4.57. The highest BCUT2D eigenvalue weighted by Crippen LogP contribution is 2.33. The summed E-state index contributed by atoms with van der Waals surface area (Å²) >= 11 is 6.25. The Bertz CT molecular complexity index is 884. The van der Waals surface area contributed by atoms with Crippen LogP contribution in [0.2, 0.25) is 5.02 Å². The summed E-state index contributed by atoms with van der Waals surface area (Å²) in [5.41, 5.74) is 0.755. The van der Waals surface area contributed by atoms with E-state index in [2.05, 4.69) is 10.1 Å². The lowest BCUT2D eigenvalue weighted by Crippen LogP contribution is -2.48. The van der Waals surface area contributed by atoms with Crippen molar-refractivity contribution in [1.82, 2.24) is 9.62 Å². The molecule has 1 atom stereocenters. The van der Waals surface area contributed by atoms with Crippen LogP contribution in [-0.4, -0.2) is 45.4 Å². The lowest BCUT2D eigenvalue weighted by Gasteiger charge is -2.35. The number of sulfonamides is 1. The number of hydrogen-bond acceptors (Lipinski definition) is 6. The standard InChI is InChI=1S/C16H17ClN2O5S.ClH/c1-23-16(20)11-8-15(24-10-11)25(21,22)19-7-6-18-9-14(19)12-4-2-3-5-13(12)17;/h2-5,8,10,14,18H,6-7,9H2,1H3;1H. The predicted octanol–water partition coefficient (Wildman–Crippen LogP) is 2.48. The summed E-state index contributed by atoms with van der Waals surface area (Å²) in [7, 11) is -2.72. The molecule has 2 aromatic rings. The SMILES string of the molecule is COC(=O)c1coc(S(=O)(=O)N2CCNCC2c2ccccc2Cl)c1.Cl. The van der Waals surface area contributed by atoms with Crippen LogP contribution in [0.4, 0.5) is 0 Å². The largest absolute Gasteiger partial charge is 0.465 e. The molecule has 26 heavy (non-hydrogen) atoms. The molecule has 142 valence electrons. The highest BCUT2D eigenvalue weighted by Gasteiger charge is 2.37. The van der Waals surface area contributed by atoms with Crippen LogP contribution in [0, 0.1) is 0 Å². The van der Waals surface area contributed by atoms with E-state index in [0.717, 1.165) is 6.26 Å². The summed E-state index contributed by atoms with van der Waals surface area (Å²) in [5.74, 6) is -0.659. The third-order valence-electron chi connectivity index (χ3n) is 4.02. The van der Waals surface area contributed by atoms with Crippen LogP contribution in [0.1, 0.15) is 22.0 Å². The lowest BCUT2D eigenvalue weighted by atomic mass is 10.1. The molecule has 1 unspecified atom stereocenters. The summed E-state index contributed by atoms with van der Waals surface area (Å²) in [6, 6.07) is 7.81. The number of carbonyl (C=O) groups excluding carboxylic acids is 1. The van der Waals surface area contributed by atoms with Crippen LogP contribution >= 0.6 is 24.0 Å². The number of hydrogen-bond donors (Lipinski definition) is 1. The molecule has 1 aromatic carbocycles. The lowest BCUT2D eigenvalue weighted by molar-refractivity contribution is 0.0600. The van der Waals surface area contributed by atoms with Gasteiger partial charge in [0.2, 0.25) is 5.09 Å². The van der Waals surface area contributed by atoms with E-state index >= 15 is 0 Å². The van der Waals surface area contributed by atoms with Gasteiger partial charge in [-0.25, -0.2) is 13.2 Å². The average molecular weight is 421 g/mol. The highest BCUT2D eigenvalue weighted by molar-refractivity contribution is 7.89. The normalized spacial score (nSPS) is 18.2. The van der Waals surface area contributed by atoms with Crippen LogP contribution in [0.3, 0.4) is 0 Å². The van der Waals surface area contributed by atoms with E-state index in [1.165, 1.54) is 17.5 Å². The third-order valence-corrected chi connectivity index (χ3v) is 6.14. The van der Waals surface area contributed by atoms with Gasteiger partial charge in [0.15, 0.2) is 0 Å². The number of nitrogens with zero attached hydrogens (tertiary/aromatic N) is 1. The van der Waals surface area contributed by atoms with E-state index in [1.807, 2.05) is 6.07 Å². The number of nitrogens with one attached hydrogen (secondary N) is 1. The molecule has 1 N–H and O–H groups in total. The maximum absolute atomic E-state index is 13.0. The zero-order valence-electron chi connectivity index (χ0n) is 13.8. The number of carbonyl (C=O) groups is 1. The van der Waals surface area contributed by atoms with Crippen LogP contribution in [0.15, 0.2) is 46.1 Å². The van der Waals surface area contributed by atoms with Crippen molar-refractivity contribution >= 4 is 40.0 Å². The predicted molar refractivity (Wildman–Crippen MR) is 98.3 cm³/mol. The van der Waals surface area contributed by atoms with E-state index < -0.39 is 22.0 Å². The second kappa shape index (κ2) is 8.41. The number of ether oxygens (including phenoxy) is 1. The number of benzene rings is 1. The molecule has 7 nitrogen and oxygen atoms in total. The molecule has 3 rings (SSSR count). The van der Waals surface area contributed by atoms with Crippen LogP contribution < -0.4 is 5.32 Å². The highest BCUT2D eigenvalue weighted by atomic mass is 35.5. The van der Waals surface area contributed by atoms with Gasteiger partial charge in [-0.3, -0.25) is 0 Å². The van der Waals surface area contributed by atoms with Crippen LogP contribution in [0.25, 0.3) is 0 Å². The topological polar surface area (TPSA) is 88.8 Å². The van der Waals surface area contributed by atoms with E-state index in [-0.39, 0.29) is 29.6 Å². The summed E-state index contributed by atoms with van der Waals surface area (Å²) in [6.07, 6.45) is 1.07. The second-order valence-corrected chi connectivity index (χ2v) is 7.73. The monoisotopic (exact) mass is 420 g/mol. The van der Waals surface area contributed by atoms with Crippen molar-refractivity contribution in [3.8, 4) is 0 Å². The minimum atomic E-state index is -3.94. The van der Waals surface area contributed by atoms with Gasteiger partial charge in [0.25, 0.3) is 10.0 Å². The summed E-state index contributed by atoms with van der Waals surface area (Å²) in [5, 5.41) is 3.37. The number of methoxy groups -OCH3 is 1. The second-order valence-electron chi connectivity index (χ2n) is 5.50. The Hall–Kier alpha value is -1.58. The Morgan fingerprint density at radius 1 is 1.38 bits per heavy atom. The van der Waals surface area contributed by atoms with Crippen LogP contribution in [0.5, 0.6) is 0 Å². The summed E-state index contributed by atoms with van der Waals surface area (Å²) in [6.45, 7) is 1.19. The van der Waals surface area contributed by atoms with Gasteiger partial charge in [0.1, 0.15) is 6.26 Å². The Labute approximate surface area is 162 Å². The van der Waals surface area contributed by atoms with Crippen molar-refractivity contribution in [2.75, 3.05) is 26.7 Å². The van der Waals surface area contributed by atoms with Gasteiger partial charge >= 0.3 is 5.97 Å². The summed E-state index contributed by atoms with van der Waals surface area (Å²) in [4.78, 5) is 11.5. The number of esters is 1. The van der Waals surface area contributed by atoms with E-state index in [1.54, 1.807) is 18.2 Å². The van der Waals surface area contributed by atoms with Gasteiger partial charge in [-0.15, -0.1) is 12.4 Å². The Balaban J connectivity index is 0.00000243. The molecule has 2 heterocycles. The molecule has 1 aliphatic heterocycles. The third kappa shape index (κ3) is 3.89. The molecule has 1 saturated heterocycles. The Kier molecular flexibility index (Phi) is 6.70. The fraction of sp³-hybridized carbons (Fsp3) is 0.312. The Morgan fingerprint density at radius 2 is 2.12 bits per heavy atom. The minimum Gasteiger partial charge on any atom is -0.465 e. The molecule has 1 fully saturated rings. The fourth-order valence-electron chi connectivity index (χ4n) is 2.78. The molecule has 0 saturated carbocycles. The smallest absolute Gasteiger partial charge is 0.341 e. The van der Waals surface area contributed by atoms with Crippen molar-refractivity contribution in [2.45, 2.75) is 11.1 Å². The molecular formula is C16H18Cl2N2O5S. The molecule has 1 aliphatic rings. The van der Waals surface area contributed by atoms with Gasteiger partial charge in [-0.1, -0.05) is 29.8 Å². The molecule has 0 bridgehead atoms. The maximum atomic E-state index is 13.0. The zero-order valence-corrected chi connectivity index (χ0v) is 16.2. The first-order valence-corrected chi connectivity index (χ1v) is 9.41. The van der Waals surface area contributed by atoms with E-state index in [0.29, 0.717) is 23.7 Å². The molecule has 0 aliphatic carbocycles. The van der Waals surface area contributed by atoms with Crippen molar-refractivity contribution in [3.05, 3.63) is 52.7 Å². The van der Waals surface area contributed by atoms with E-state index in [9.17, 15) is 13.2 Å². The van der Waals surface area contributed by atoms with Gasteiger partial charge in [0.05, 0.1) is 18.7 Å². The molecular weight excluding hydrogens is 403 g/mol. The van der Waals surface area contributed by atoms with Gasteiger partial charge < -0.3 is 14.5 Å². The zero-order chi connectivity index (χ0) is 18.0. The molecule has 0 amide bonds. The average Bonchev–Trinajstić information content (AvgIpc) is 3.12. The molecule has 0 radical (unpaired) electrons. The van der Waals surface area contributed by atoms with Crippen LogP contribution in [-0.2, 0) is 14.8 Å². The van der Waals surface area contributed by atoms with Gasteiger partial charge in [-0.2, -0.15) is 4.31 Å². The number of halogens is 2. The van der Waals surface area contributed by atoms with Gasteiger partial charge in [-0.05, 0) is 11.6 Å².